The van der Waals surface area contributed by atoms with Crippen molar-refractivity contribution in [2.45, 2.75) is 0 Å². The second-order valence-corrected chi connectivity index (χ2v) is 5.21. The van der Waals surface area contributed by atoms with Crippen molar-refractivity contribution in [3.05, 3.63) is 56.2 Å². The van der Waals surface area contributed by atoms with Crippen molar-refractivity contribution in [3.63, 3.8) is 0 Å². The summed E-state index contributed by atoms with van der Waals surface area (Å²) in [5.74, 6) is -0.432. The van der Waals surface area contributed by atoms with Crippen LogP contribution in [0.25, 0.3) is 0 Å². The highest BCUT2D eigenvalue weighted by molar-refractivity contribution is 6.42. The van der Waals surface area contributed by atoms with Crippen LogP contribution in [-0.2, 0) is 0 Å². The van der Waals surface area contributed by atoms with Crippen LogP contribution >= 0.6 is 46.4 Å². The first-order chi connectivity index (χ1) is 8.99. The Kier molecular flexibility index (Phi) is 4.53. The molecule has 0 aliphatic heterocycles. The first-order valence-corrected chi connectivity index (χ1v) is 6.55. The molecule has 3 nitrogen and oxygen atoms in total. The van der Waals surface area contributed by atoms with Crippen LogP contribution in [0.2, 0.25) is 20.1 Å². The Morgan fingerprint density at radius 2 is 1.68 bits per heavy atom. The van der Waals surface area contributed by atoms with Crippen LogP contribution in [0, 0.1) is 0 Å². The summed E-state index contributed by atoms with van der Waals surface area (Å²) in [6, 6.07) is 4.47. The summed E-state index contributed by atoms with van der Waals surface area (Å²) < 4.78 is 0. The van der Waals surface area contributed by atoms with E-state index in [1.54, 1.807) is 0 Å². The zero-order chi connectivity index (χ0) is 14.0. The number of nitrogens with zero attached hydrogens (tertiary/aromatic N) is 1. The monoisotopic (exact) mass is 334 g/mol. The van der Waals surface area contributed by atoms with Gasteiger partial charge in [0, 0.05) is 17.4 Å². The Labute approximate surface area is 129 Å². The van der Waals surface area contributed by atoms with Crippen LogP contribution in [0.3, 0.4) is 0 Å². The molecule has 1 heterocycles. The van der Waals surface area contributed by atoms with E-state index < -0.39 is 5.91 Å². The third kappa shape index (κ3) is 3.31. The van der Waals surface area contributed by atoms with Crippen molar-refractivity contribution < 1.29 is 4.79 Å². The molecule has 0 bridgehead atoms. The van der Waals surface area contributed by atoms with Gasteiger partial charge in [0.15, 0.2) is 0 Å². The summed E-state index contributed by atoms with van der Waals surface area (Å²) in [6.07, 6.45) is 2.84. The summed E-state index contributed by atoms with van der Waals surface area (Å²) in [5, 5.41) is 3.70. The number of hydrogen-bond donors (Lipinski definition) is 1. The van der Waals surface area contributed by atoms with E-state index in [2.05, 4.69) is 10.3 Å². The highest BCUT2D eigenvalue weighted by atomic mass is 35.5. The second-order valence-electron chi connectivity index (χ2n) is 3.55. The lowest BCUT2D eigenvalue weighted by Crippen LogP contribution is -2.13. The van der Waals surface area contributed by atoms with Crippen molar-refractivity contribution >= 4 is 58.0 Å². The summed E-state index contributed by atoms with van der Waals surface area (Å²) >= 11 is 23.6. The van der Waals surface area contributed by atoms with Crippen LogP contribution < -0.4 is 5.32 Å². The highest BCUT2D eigenvalue weighted by Crippen LogP contribution is 2.34. The number of anilines is 1. The van der Waals surface area contributed by atoms with Gasteiger partial charge in [-0.05, 0) is 18.2 Å². The third-order valence-electron chi connectivity index (χ3n) is 2.26. The number of carbonyl (C=O) groups excluding carboxylic acids is 1. The molecule has 0 unspecified atom stereocenters. The number of nitrogens with one attached hydrogen (secondary N) is 1. The molecule has 0 saturated heterocycles. The molecule has 1 amide bonds. The minimum absolute atomic E-state index is 0.237. The Hall–Kier alpha value is -1.00. The Balaban J connectivity index is 2.32. The van der Waals surface area contributed by atoms with Gasteiger partial charge < -0.3 is 5.32 Å². The van der Waals surface area contributed by atoms with Crippen LogP contribution in [0.4, 0.5) is 5.69 Å². The van der Waals surface area contributed by atoms with Crippen molar-refractivity contribution in [3.8, 4) is 0 Å². The minimum atomic E-state index is -0.432. The van der Waals surface area contributed by atoms with Crippen molar-refractivity contribution in [1.82, 2.24) is 4.98 Å². The van der Waals surface area contributed by atoms with Gasteiger partial charge >= 0.3 is 0 Å². The van der Waals surface area contributed by atoms with Crippen molar-refractivity contribution in [2.75, 3.05) is 5.32 Å². The topological polar surface area (TPSA) is 42.0 Å². The normalized spacial score (nSPS) is 10.3. The van der Waals surface area contributed by atoms with Crippen molar-refractivity contribution in [2.24, 2.45) is 0 Å². The number of rotatable bonds is 2. The molecular formula is C12H6Cl4N2O. The minimum Gasteiger partial charge on any atom is -0.319 e. The van der Waals surface area contributed by atoms with E-state index in [0.717, 1.165) is 0 Å². The van der Waals surface area contributed by atoms with Gasteiger partial charge in [-0.1, -0.05) is 46.4 Å². The fourth-order valence-electron chi connectivity index (χ4n) is 1.40. The zero-order valence-electron chi connectivity index (χ0n) is 9.25. The van der Waals surface area contributed by atoms with Crippen LogP contribution in [0.1, 0.15) is 10.4 Å². The molecule has 2 aromatic rings. The largest absolute Gasteiger partial charge is 0.319 e. The summed E-state index contributed by atoms with van der Waals surface area (Å²) in [7, 11) is 0. The molecule has 0 aliphatic rings. The molecule has 1 aromatic heterocycles. The average molecular weight is 336 g/mol. The summed E-state index contributed by atoms with van der Waals surface area (Å²) in [4.78, 5) is 15.9. The maximum absolute atomic E-state index is 12.1. The number of pyridine rings is 1. The predicted octanol–water partition coefficient (Wildman–Crippen LogP) is 4.95. The molecule has 0 radical (unpaired) electrons. The van der Waals surface area contributed by atoms with Gasteiger partial charge in [-0.15, -0.1) is 0 Å². The Bertz CT molecular complexity index is 622. The fraction of sp³-hybridized carbons (Fsp3) is 0. The molecular weight excluding hydrogens is 330 g/mol. The number of halogens is 4. The van der Waals surface area contributed by atoms with Gasteiger partial charge in [0.25, 0.3) is 5.91 Å². The first kappa shape index (κ1) is 14.4. The smallest absolute Gasteiger partial charge is 0.257 e. The zero-order valence-corrected chi connectivity index (χ0v) is 12.3. The number of aromatic nitrogens is 1. The molecule has 1 aromatic carbocycles. The van der Waals surface area contributed by atoms with E-state index in [4.69, 9.17) is 46.4 Å². The number of benzene rings is 1. The summed E-state index contributed by atoms with van der Waals surface area (Å²) in [5.41, 5.74) is 0.560. The molecule has 98 valence electrons. The van der Waals surface area contributed by atoms with Crippen LogP contribution in [0.15, 0.2) is 30.6 Å². The van der Waals surface area contributed by atoms with Crippen molar-refractivity contribution in [1.29, 1.82) is 0 Å². The number of hydrogen-bond acceptors (Lipinski definition) is 2. The third-order valence-corrected chi connectivity index (χ3v) is 3.38. The molecule has 1 N–H and O–H groups in total. The van der Waals surface area contributed by atoms with E-state index in [9.17, 15) is 4.79 Å². The molecule has 7 heteroatoms. The number of amides is 1. The molecule has 2 rings (SSSR count). The van der Waals surface area contributed by atoms with Gasteiger partial charge in [0.1, 0.15) is 0 Å². The van der Waals surface area contributed by atoms with E-state index in [0.29, 0.717) is 5.02 Å². The Morgan fingerprint density at radius 3 is 2.26 bits per heavy atom. The van der Waals surface area contributed by atoms with Crippen LogP contribution in [-0.4, -0.2) is 10.9 Å². The van der Waals surface area contributed by atoms with E-state index in [1.807, 2.05) is 0 Å². The quantitative estimate of drug-likeness (QED) is 0.843. The second kappa shape index (κ2) is 5.97. The summed E-state index contributed by atoms with van der Waals surface area (Å²) in [6.45, 7) is 0. The molecule has 0 saturated carbocycles. The standard InChI is InChI=1S/C12H6Cl4N2O/c13-6-3-8(14)11(9(15)4-6)18-12(19)7-1-2-17-5-10(7)16/h1-5H,(H,18,19). The lowest BCUT2D eigenvalue weighted by atomic mass is 10.2. The van der Waals surface area contributed by atoms with E-state index >= 15 is 0 Å². The first-order valence-electron chi connectivity index (χ1n) is 5.04. The highest BCUT2D eigenvalue weighted by Gasteiger charge is 2.14. The Morgan fingerprint density at radius 1 is 1.05 bits per heavy atom. The maximum atomic E-state index is 12.1. The van der Waals surface area contributed by atoms with Gasteiger partial charge in [0.2, 0.25) is 0 Å². The predicted molar refractivity (Wildman–Crippen MR) is 78.7 cm³/mol. The van der Waals surface area contributed by atoms with E-state index in [1.165, 1.54) is 30.6 Å². The fourth-order valence-corrected chi connectivity index (χ4v) is 2.52. The van der Waals surface area contributed by atoms with Gasteiger partial charge in [-0.25, -0.2) is 0 Å². The molecule has 0 aliphatic carbocycles. The molecule has 0 atom stereocenters. The SMILES string of the molecule is O=C(Nc1c(Cl)cc(Cl)cc1Cl)c1ccncc1Cl. The molecule has 0 spiro atoms. The van der Waals surface area contributed by atoms with Gasteiger partial charge in [0.05, 0.1) is 26.3 Å². The van der Waals surface area contributed by atoms with Crippen LogP contribution in [0.5, 0.6) is 0 Å². The average Bonchev–Trinajstić information content (AvgIpc) is 2.34. The lowest BCUT2D eigenvalue weighted by Gasteiger charge is -2.10. The van der Waals surface area contributed by atoms with Gasteiger partial charge in [-0.3, -0.25) is 9.78 Å². The molecule has 19 heavy (non-hydrogen) atoms. The lowest BCUT2D eigenvalue weighted by molar-refractivity contribution is 0.102. The number of carbonyl (C=O) groups is 1. The maximum Gasteiger partial charge on any atom is 0.257 e. The molecule has 0 fully saturated rings. The van der Waals surface area contributed by atoms with E-state index in [-0.39, 0.29) is 26.3 Å². The van der Waals surface area contributed by atoms with Gasteiger partial charge in [-0.2, -0.15) is 0 Å².